The van der Waals surface area contributed by atoms with Gasteiger partial charge in [0, 0.05) is 45.1 Å². The van der Waals surface area contributed by atoms with E-state index in [4.69, 9.17) is 18.9 Å². The first-order valence-corrected chi connectivity index (χ1v) is 27.9. The van der Waals surface area contributed by atoms with Crippen molar-refractivity contribution in [2.75, 3.05) is 10.6 Å². The second-order valence-electron chi connectivity index (χ2n) is 18.4. The topological polar surface area (TPSA) is 221 Å². The number of anilines is 4. The molecular formula is C62H44N6O10S2. The highest BCUT2D eigenvalue weighted by molar-refractivity contribution is 7.86. The molecule has 0 amide bonds. The van der Waals surface area contributed by atoms with Crippen LogP contribution in [0.1, 0.15) is 11.1 Å². The van der Waals surface area contributed by atoms with Gasteiger partial charge >= 0.3 is 12.0 Å². The van der Waals surface area contributed by atoms with Gasteiger partial charge in [0.05, 0.1) is 9.79 Å². The minimum Gasteiger partial charge on any atom is -0.438 e. The van der Waals surface area contributed by atoms with Crippen LogP contribution in [0.25, 0.3) is 43.1 Å². The second kappa shape index (κ2) is 21.4. The summed E-state index contributed by atoms with van der Waals surface area (Å²) >= 11 is 0. The Kier molecular flexibility index (Phi) is 13.6. The van der Waals surface area contributed by atoms with Crippen LogP contribution in [-0.2, 0) is 33.1 Å². The first-order chi connectivity index (χ1) is 38.8. The van der Waals surface area contributed by atoms with Crippen molar-refractivity contribution >= 4 is 86.3 Å². The van der Waals surface area contributed by atoms with Gasteiger partial charge in [0.15, 0.2) is 0 Å². The highest BCUT2D eigenvalue weighted by Gasteiger charge is 2.22. The first kappa shape index (κ1) is 50.8. The Bertz CT molecular complexity index is 4090. The number of rotatable bonds is 17. The number of ether oxygens (including phenoxy) is 4. The van der Waals surface area contributed by atoms with Crippen LogP contribution >= 0.6 is 0 Å². The summed E-state index contributed by atoms with van der Waals surface area (Å²) in [6.07, 6.45) is -0.167. The monoisotopic (exact) mass is 1100 g/mol. The van der Waals surface area contributed by atoms with Gasteiger partial charge in [0.25, 0.3) is 20.2 Å². The van der Waals surface area contributed by atoms with Gasteiger partial charge in [-0.2, -0.15) is 36.8 Å². The van der Waals surface area contributed by atoms with Gasteiger partial charge < -0.3 is 29.6 Å². The maximum Gasteiger partial charge on any atom is 0.327 e. The molecule has 12 aromatic rings. The molecule has 18 heteroatoms. The average Bonchev–Trinajstić information content (AvgIpc) is 3.45. The van der Waals surface area contributed by atoms with Crippen molar-refractivity contribution in [1.82, 2.24) is 19.9 Å². The normalized spacial score (nSPS) is 11.7. The molecule has 2 aromatic heterocycles. The number of benzene rings is 10. The van der Waals surface area contributed by atoms with Crippen molar-refractivity contribution in [3.8, 4) is 46.8 Å². The minimum atomic E-state index is -4.87. The fourth-order valence-electron chi connectivity index (χ4n) is 9.42. The van der Waals surface area contributed by atoms with Crippen LogP contribution in [0.5, 0.6) is 46.8 Å². The van der Waals surface area contributed by atoms with Crippen LogP contribution in [0.2, 0.25) is 0 Å². The molecular weight excluding hydrogens is 1050 g/mol. The summed E-state index contributed by atoms with van der Waals surface area (Å²) < 4.78 is 98.9. The van der Waals surface area contributed by atoms with Crippen molar-refractivity contribution in [2.24, 2.45) is 0 Å². The number of nitrogens with zero attached hydrogens (tertiary/aromatic N) is 4. The molecule has 394 valence electrons. The zero-order valence-electron chi connectivity index (χ0n) is 42.0. The summed E-state index contributed by atoms with van der Waals surface area (Å²) in [5, 5.41) is 13.3. The van der Waals surface area contributed by atoms with Gasteiger partial charge in [0.2, 0.25) is 11.8 Å². The van der Waals surface area contributed by atoms with E-state index in [2.05, 4.69) is 30.6 Å². The van der Waals surface area contributed by atoms with E-state index in [1.165, 1.54) is 36.4 Å². The molecule has 80 heavy (non-hydrogen) atoms. The van der Waals surface area contributed by atoms with Gasteiger partial charge in [-0.3, -0.25) is 9.11 Å². The lowest BCUT2D eigenvalue weighted by atomic mass is 10.0. The predicted molar refractivity (Wildman–Crippen MR) is 307 cm³/mol. The molecule has 0 aliphatic rings. The molecule has 0 spiro atoms. The molecule has 16 nitrogen and oxygen atoms in total. The highest BCUT2D eigenvalue weighted by Crippen LogP contribution is 2.37. The van der Waals surface area contributed by atoms with Gasteiger partial charge in [0.1, 0.15) is 34.6 Å². The van der Waals surface area contributed by atoms with Gasteiger partial charge in [-0.25, -0.2) is 0 Å². The van der Waals surface area contributed by atoms with Crippen molar-refractivity contribution < 1.29 is 44.9 Å². The Balaban J connectivity index is 0.825. The zero-order chi connectivity index (χ0) is 54.8. The molecule has 0 aliphatic carbocycles. The van der Waals surface area contributed by atoms with Crippen LogP contribution < -0.4 is 29.6 Å². The number of hydrogen-bond donors (Lipinski definition) is 4. The molecule has 0 aliphatic heterocycles. The summed E-state index contributed by atoms with van der Waals surface area (Å²) in [7, 11) is -9.75. The molecule has 0 saturated heterocycles. The van der Waals surface area contributed by atoms with E-state index in [1.807, 2.05) is 158 Å². The average molecular weight is 1100 g/mol. The van der Waals surface area contributed by atoms with Crippen LogP contribution in [0, 0.1) is 0 Å². The minimum absolute atomic E-state index is 0.0765. The quantitative estimate of drug-likeness (QED) is 0.0623. The lowest BCUT2D eigenvalue weighted by Gasteiger charge is -2.15. The molecule has 10 aromatic carbocycles. The van der Waals surface area contributed by atoms with E-state index >= 15 is 0 Å². The Labute approximate surface area is 458 Å². The van der Waals surface area contributed by atoms with E-state index < -0.39 is 30.0 Å². The van der Waals surface area contributed by atoms with Crippen molar-refractivity contribution in [2.45, 2.75) is 22.6 Å². The molecule has 0 unspecified atom stereocenters. The Morgan fingerprint density at radius 3 is 1.00 bits per heavy atom. The van der Waals surface area contributed by atoms with E-state index in [0.717, 1.165) is 43.1 Å². The Morgan fingerprint density at radius 2 is 0.662 bits per heavy atom. The number of aryl methyl sites for hydroxylation is 2. The number of aromatic nitrogens is 4. The summed E-state index contributed by atoms with van der Waals surface area (Å²) in [6, 6.07) is 64.7. The summed E-state index contributed by atoms with van der Waals surface area (Å²) in [4.78, 5) is 17.5. The third-order valence-electron chi connectivity index (χ3n) is 13.1. The molecule has 0 atom stereocenters. The van der Waals surface area contributed by atoms with Crippen molar-refractivity contribution in [1.29, 1.82) is 0 Å². The molecule has 0 saturated carbocycles. The van der Waals surface area contributed by atoms with Crippen LogP contribution in [0.15, 0.2) is 228 Å². The SMILES string of the molecule is O=S(=O)(O)c1cc(Nc2cc(Oc3cccc4ccccc34)nc(Oc3cccc4ccccc34)n2)ccc1CCc1ccc(Nc2cc(Oc3cccc4ccccc34)nc(Oc3cccc4ccccc34)n2)cc1S(=O)(=O)O. The standard InChI is InChI=1S/C62H44N6O10S2/c69-79(70,71)55-35-45(63-57-37-59(75-51-25-9-17-39-13-1-5-21-47(39)51)67-61(65-57)77-53-27-11-19-41-15-3-7-23-49(41)53)33-31-43(55)29-30-44-32-34-46(36-56(44)80(72,73)74)64-58-38-60(76-52-26-10-18-40-14-2-6-22-48(40)52)68-62(66-58)78-54-28-12-20-42-16-4-8-24-50(42)54/h1-28,31-38H,29-30H2,(H,63,65,67)(H,64,66,68)(H,69,70,71)(H,72,73,74). The number of fused-ring (bicyclic) bond motifs is 4. The van der Waals surface area contributed by atoms with E-state index in [0.29, 0.717) is 23.0 Å². The number of nitrogens with one attached hydrogen (secondary N) is 2. The summed E-state index contributed by atoms with van der Waals surface area (Å²) in [5.41, 5.74) is 0.732. The van der Waals surface area contributed by atoms with Gasteiger partial charge in [-0.05, 0) is 94.0 Å². The Hall–Kier alpha value is -9.98. The maximum absolute atomic E-state index is 13.1. The molecule has 0 radical (unpaired) electrons. The molecule has 0 bridgehead atoms. The predicted octanol–water partition coefficient (Wildman–Crippen LogP) is 14.8. The molecule has 4 N–H and O–H groups in total. The molecule has 12 rings (SSSR count). The number of hydrogen-bond acceptors (Lipinski definition) is 14. The first-order valence-electron chi connectivity index (χ1n) is 25.0. The third kappa shape index (κ3) is 11.2. The van der Waals surface area contributed by atoms with Gasteiger partial charge in [-0.15, -0.1) is 0 Å². The van der Waals surface area contributed by atoms with Crippen LogP contribution in [-0.4, -0.2) is 45.9 Å². The Morgan fingerprint density at radius 1 is 0.350 bits per heavy atom. The maximum atomic E-state index is 13.1. The van der Waals surface area contributed by atoms with E-state index in [1.54, 1.807) is 24.3 Å². The zero-order valence-corrected chi connectivity index (χ0v) is 43.6. The van der Waals surface area contributed by atoms with Gasteiger partial charge in [-0.1, -0.05) is 158 Å². The fourth-order valence-corrected chi connectivity index (χ4v) is 11.0. The summed E-state index contributed by atoms with van der Waals surface area (Å²) in [6.45, 7) is 0. The smallest absolute Gasteiger partial charge is 0.327 e. The van der Waals surface area contributed by atoms with E-state index in [9.17, 15) is 25.9 Å². The lowest BCUT2D eigenvalue weighted by Crippen LogP contribution is -2.09. The van der Waals surface area contributed by atoms with Crippen LogP contribution in [0.3, 0.4) is 0 Å². The molecule has 0 fully saturated rings. The third-order valence-corrected chi connectivity index (χ3v) is 15.0. The second-order valence-corrected chi connectivity index (χ2v) is 21.2. The fraction of sp³-hybridized carbons (Fsp3) is 0.0323. The highest BCUT2D eigenvalue weighted by atomic mass is 32.2. The van der Waals surface area contributed by atoms with Crippen molar-refractivity contribution in [3.05, 3.63) is 230 Å². The summed E-state index contributed by atoms with van der Waals surface area (Å²) in [5.74, 6) is 2.55. The van der Waals surface area contributed by atoms with Crippen LogP contribution in [0.4, 0.5) is 23.0 Å². The molecule has 2 heterocycles. The van der Waals surface area contributed by atoms with E-state index in [-0.39, 0.29) is 70.8 Å². The van der Waals surface area contributed by atoms with Crippen molar-refractivity contribution in [3.63, 3.8) is 0 Å². The largest absolute Gasteiger partial charge is 0.438 e. The lowest BCUT2D eigenvalue weighted by molar-refractivity contribution is 0.416.